The van der Waals surface area contributed by atoms with Crippen LogP contribution < -0.4 is 0 Å². The first-order valence-electron chi connectivity index (χ1n) is 18.2. The molecule has 2 aliphatic heterocycles. The van der Waals surface area contributed by atoms with Gasteiger partial charge in [0.1, 0.15) is 12.2 Å². The predicted molar refractivity (Wildman–Crippen MR) is 213 cm³/mol. The van der Waals surface area contributed by atoms with E-state index >= 15 is 4.57 Å². The van der Waals surface area contributed by atoms with Gasteiger partial charge in [0.05, 0.1) is 0 Å². The third-order valence-electron chi connectivity index (χ3n) is 11.1. The number of rotatable bonds is 4. The Balaban J connectivity index is 1.32. The number of fused-ring (bicyclic) bond motifs is 5. The smallest absolute Gasteiger partial charge is 0.341 e. The van der Waals surface area contributed by atoms with Gasteiger partial charge in [0.2, 0.25) is 0 Å². The minimum atomic E-state index is -5.03. The molecule has 6 nitrogen and oxygen atoms in total. The summed E-state index contributed by atoms with van der Waals surface area (Å²) in [4.78, 5) is 12.4. The fourth-order valence-electron chi connectivity index (χ4n) is 8.72. The van der Waals surface area contributed by atoms with Gasteiger partial charge in [0.25, 0.3) is 0 Å². The summed E-state index contributed by atoms with van der Waals surface area (Å²) < 4.78 is 43.0. The van der Waals surface area contributed by atoms with Crippen LogP contribution in [0.4, 0.5) is 0 Å². The first-order chi connectivity index (χ1) is 26.1. The second kappa shape index (κ2) is 12.2. The summed E-state index contributed by atoms with van der Waals surface area (Å²) in [5, 5.41) is 7.87. The quantitative estimate of drug-likeness (QED) is 0.182. The van der Waals surface area contributed by atoms with E-state index in [4.69, 9.17) is 18.5 Å². The largest absolute Gasteiger partial charge is 0.474 e. The van der Waals surface area contributed by atoms with Gasteiger partial charge in [-0.25, -0.2) is 4.57 Å². The van der Waals surface area contributed by atoms with Crippen molar-refractivity contribution in [3.63, 3.8) is 0 Å². The molecule has 8 aromatic rings. The zero-order chi connectivity index (χ0) is 36.7. The van der Waals surface area contributed by atoms with Crippen molar-refractivity contribution < 1.29 is 28.0 Å². The second-order valence-electron chi connectivity index (χ2n) is 14.8. The lowest BCUT2D eigenvalue weighted by Crippen LogP contribution is -2.53. The number of hydrogen-bond donors (Lipinski definition) is 1. The first kappa shape index (κ1) is 33.4. The molecule has 0 saturated carbocycles. The van der Waals surface area contributed by atoms with Gasteiger partial charge in [-0.05, 0) is 103 Å². The molecule has 0 bridgehead atoms. The van der Waals surface area contributed by atoms with Gasteiger partial charge in [-0.3, -0.25) is 9.05 Å². The highest BCUT2D eigenvalue weighted by atomic mass is 31.2. The molecule has 2 saturated heterocycles. The Kier molecular flexibility index (Phi) is 7.53. The number of ether oxygens (including phenoxy) is 2. The van der Waals surface area contributed by atoms with Gasteiger partial charge in [-0.1, -0.05) is 146 Å². The summed E-state index contributed by atoms with van der Waals surface area (Å²) in [6.07, 6.45) is -2.01. The standard InChI is InChI=1S/C47H37O6P/c1-45(2)50-43-44(51-45)47(41-25-21-33-13-5-9-17-37(33)29-41,42-26-22-34-14-6-10-18-38(34)30-42)53-54(48,49)52-46(43,39-23-19-31-11-3-7-15-35(31)27-39)40-24-20-32-12-4-8-16-36(32)28-40/h3-30,43-44H,1-2H3,(H,48,49). The molecule has 0 aliphatic carbocycles. The third-order valence-corrected chi connectivity index (χ3v) is 12.2. The Morgan fingerprint density at radius 1 is 0.426 bits per heavy atom. The van der Waals surface area contributed by atoms with Crippen LogP contribution in [-0.4, -0.2) is 22.9 Å². The molecule has 7 heteroatoms. The zero-order valence-electron chi connectivity index (χ0n) is 29.8. The van der Waals surface area contributed by atoms with Gasteiger partial charge >= 0.3 is 7.82 Å². The maximum absolute atomic E-state index is 15.2. The van der Waals surface area contributed by atoms with Gasteiger partial charge in [0.15, 0.2) is 17.0 Å². The maximum atomic E-state index is 15.2. The Hall–Kier alpha value is -5.17. The molecule has 2 unspecified atom stereocenters. The van der Waals surface area contributed by atoms with Crippen LogP contribution in [0.3, 0.4) is 0 Å². The Labute approximate surface area is 313 Å². The van der Waals surface area contributed by atoms with Crippen LogP contribution in [0.1, 0.15) is 36.1 Å². The molecule has 0 radical (unpaired) electrons. The van der Waals surface area contributed by atoms with E-state index in [2.05, 4.69) is 0 Å². The number of phosphoric acid groups is 1. The molecule has 54 heavy (non-hydrogen) atoms. The summed E-state index contributed by atoms with van der Waals surface area (Å²) in [5.41, 5.74) is -0.827. The van der Waals surface area contributed by atoms with Crippen molar-refractivity contribution >= 4 is 50.9 Å². The van der Waals surface area contributed by atoms with E-state index in [1.165, 1.54) is 0 Å². The van der Waals surface area contributed by atoms with Crippen LogP contribution in [0, 0.1) is 0 Å². The van der Waals surface area contributed by atoms with Crippen molar-refractivity contribution in [1.82, 2.24) is 0 Å². The van der Waals surface area contributed by atoms with Crippen LogP contribution in [0.5, 0.6) is 0 Å². The van der Waals surface area contributed by atoms with Crippen molar-refractivity contribution in [2.24, 2.45) is 0 Å². The van der Waals surface area contributed by atoms with Crippen LogP contribution in [0.2, 0.25) is 0 Å². The van der Waals surface area contributed by atoms with Gasteiger partial charge in [0, 0.05) is 0 Å². The van der Waals surface area contributed by atoms with E-state index < -0.39 is 37.0 Å². The van der Waals surface area contributed by atoms with Gasteiger partial charge < -0.3 is 14.4 Å². The molecular formula is C47H37O6P. The fraction of sp³-hybridized carbons (Fsp3) is 0.149. The highest BCUT2D eigenvalue weighted by Crippen LogP contribution is 2.67. The summed E-state index contributed by atoms with van der Waals surface area (Å²) >= 11 is 0. The maximum Gasteiger partial charge on any atom is 0.474 e. The molecule has 266 valence electrons. The Morgan fingerprint density at radius 2 is 0.685 bits per heavy atom. The topological polar surface area (TPSA) is 74.2 Å². The second-order valence-corrected chi connectivity index (χ2v) is 16.1. The molecule has 0 aromatic heterocycles. The lowest BCUT2D eigenvalue weighted by molar-refractivity contribution is -0.178. The molecule has 2 heterocycles. The van der Waals surface area contributed by atoms with Crippen molar-refractivity contribution in [3.05, 3.63) is 192 Å². The number of benzene rings is 8. The predicted octanol–water partition coefficient (Wildman–Crippen LogP) is 11.2. The highest BCUT2D eigenvalue weighted by Gasteiger charge is 2.69. The van der Waals surface area contributed by atoms with E-state index in [-0.39, 0.29) is 0 Å². The van der Waals surface area contributed by atoms with E-state index in [9.17, 15) is 4.89 Å². The number of hydrogen-bond acceptors (Lipinski definition) is 5. The molecule has 8 aromatic carbocycles. The lowest BCUT2D eigenvalue weighted by atomic mass is 9.71. The van der Waals surface area contributed by atoms with Crippen molar-refractivity contribution in [2.45, 2.75) is 43.0 Å². The normalized spacial score (nSPS) is 23.0. The third kappa shape index (κ3) is 5.25. The van der Waals surface area contributed by atoms with Crippen molar-refractivity contribution in [1.29, 1.82) is 0 Å². The minimum absolute atomic E-state index is 0.637. The summed E-state index contributed by atoms with van der Waals surface area (Å²) in [6, 6.07) is 56.2. The molecule has 10 rings (SSSR count). The van der Waals surface area contributed by atoms with E-state index in [1.807, 2.05) is 184 Å². The van der Waals surface area contributed by atoms with Crippen LogP contribution in [0.15, 0.2) is 170 Å². The molecule has 0 amide bonds. The van der Waals surface area contributed by atoms with E-state index in [0.29, 0.717) is 22.3 Å². The SMILES string of the molecule is CC1(C)OC2C(O1)C(c1ccc3ccccc3c1)(c1ccc3ccccc3c1)OP(=O)(O)OC2(c1ccc2ccccc2c1)c1ccc2ccccc2c1. The van der Waals surface area contributed by atoms with Crippen LogP contribution in [0.25, 0.3) is 43.1 Å². The molecule has 2 atom stereocenters. The van der Waals surface area contributed by atoms with E-state index in [0.717, 1.165) is 43.1 Å². The summed E-state index contributed by atoms with van der Waals surface area (Å²) in [6.45, 7) is 3.74. The molecular weight excluding hydrogens is 691 g/mol. The summed E-state index contributed by atoms with van der Waals surface area (Å²) in [5.74, 6) is -1.16. The average Bonchev–Trinajstić information content (AvgIpc) is 3.50. The van der Waals surface area contributed by atoms with Crippen molar-refractivity contribution in [2.75, 3.05) is 0 Å². The fourth-order valence-corrected chi connectivity index (χ4v) is 10.1. The number of phosphoric ester groups is 1. The van der Waals surface area contributed by atoms with Crippen LogP contribution in [-0.2, 0) is 34.3 Å². The molecule has 1 N–H and O–H groups in total. The zero-order valence-corrected chi connectivity index (χ0v) is 30.7. The van der Waals surface area contributed by atoms with E-state index in [1.54, 1.807) is 0 Å². The minimum Gasteiger partial charge on any atom is -0.341 e. The highest BCUT2D eigenvalue weighted by molar-refractivity contribution is 7.47. The average molecular weight is 729 g/mol. The van der Waals surface area contributed by atoms with Crippen molar-refractivity contribution in [3.8, 4) is 0 Å². The van der Waals surface area contributed by atoms with Gasteiger partial charge in [-0.2, -0.15) is 0 Å². The first-order valence-corrected chi connectivity index (χ1v) is 19.7. The Bertz CT molecular complexity index is 2470. The lowest BCUT2D eigenvalue weighted by Gasteiger charge is -2.41. The van der Waals surface area contributed by atoms with Crippen LogP contribution >= 0.6 is 7.82 Å². The van der Waals surface area contributed by atoms with Gasteiger partial charge in [-0.15, -0.1) is 0 Å². The monoisotopic (exact) mass is 728 g/mol. The Morgan fingerprint density at radius 3 is 0.963 bits per heavy atom. The molecule has 2 fully saturated rings. The molecule has 2 aliphatic rings. The summed E-state index contributed by atoms with van der Waals surface area (Å²) in [7, 11) is -5.03. The molecule has 0 spiro atoms.